The molecule has 0 atom stereocenters. The van der Waals surface area contributed by atoms with Crippen molar-refractivity contribution in [1.82, 2.24) is 14.5 Å². The van der Waals surface area contributed by atoms with Crippen LogP contribution < -0.4 is 9.64 Å². The number of halogens is 3. The fourth-order valence-electron chi connectivity index (χ4n) is 5.64. The van der Waals surface area contributed by atoms with E-state index in [2.05, 4.69) is 16.9 Å². The van der Waals surface area contributed by atoms with E-state index in [1.165, 1.54) is 23.2 Å². The smallest absolute Gasteiger partial charge is 0.421 e. The molecule has 0 saturated heterocycles. The van der Waals surface area contributed by atoms with E-state index in [-0.39, 0.29) is 47.0 Å². The number of carboxylic acid groups (broad SMARTS) is 1. The van der Waals surface area contributed by atoms with Crippen LogP contribution in [0.4, 0.5) is 18.9 Å². The molecule has 0 aliphatic heterocycles. The van der Waals surface area contributed by atoms with Crippen LogP contribution in [0.2, 0.25) is 0 Å². The van der Waals surface area contributed by atoms with E-state index in [1.807, 2.05) is 12.1 Å². The fourth-order valence-corrected chi connectivity index (χ4v) is 5.64. The van der Waals surface area contributed by atoms with Gasteiger partial charge in [-0.1, -0.05) is 6.92 Å². The molecule has 5 rings (SSSR count). The van der Waals surface area contributed by atoms with E-state index in [9.17, 15) is 27.9 Å². The molecular formula is C32H33F3N4O4. The highest BCUT2D eigenvalue weighted by Gasteiger charge is 2.37. The Hall–Kier alpha value is -4.41. The number of ether oxygens (including phenoxy) is 1. The minimum atomic E-state index is -4.79. The highest BCUT2D eigenvalue weighted by atomic mass is 19.4. The zero-order chi connectivity index (χ0) is 30.9. The Morgan fingerprint density at radius 1 is 1.09 bits per heavy atom. The molecule has 1 saturated carbocycles. The molecule has 0 unspecified atom stereocenters. The number of benzene rings is 1. The van der Waals surface area contributed by atoms with Crippen LogP contribution in [0.5, 0.6) is 11.6 Å². The number of rotatable bonds is 8. The van der Waals surface area contributed by atoms with Gasteiger partial charge in [0, 0.05) is 35.9 Å². The first-order valence-electron chi connectivity index (χ1n) is 14.3. The Balaban J connectivity index is 1.44. The van der Waals surface area contributed by atoms with Crippen molar-refractivity contribution < 1.29 is 32.6 Å². The lowest BCUT2D eigenvalue weighted by Gasteiger charge is -2.34. The number of hydrogen-bond donors (Lipinski definition) is 1. The topological polar surface area (TPSA) is 97.6 Å². The van der Waals surface area contributed by atoms with E-state index in [0.717, 1.165) is 43.2 Å². The summed E-state index contributed by atoms with van der Waals surface area (Å²) in [7, 11) is 0. The number of pyridine rings is 2. The SMILES string of the molecule is CC1CCC(C(=O)N(c2ccc(Oc3ncc(Cn4ccc5cccnc54)cc3C(F)(F)F)cc2C(=O)O)C(C)C)CC1. The quantitative estimate of drug-likeness (QED) is 0.226. The number of alkyl halides is 3. The first kappa shape index (κ1) is 30.1. The molecule has 0 spiro atoms. The van der Waals surface area contributed by atoms with Crippen LogP contribution in [0, 0.1) is 11.8 Å². The summed E-state index contributed by atoms with van der Waals surface area (Å²) in [6.45, 7) is 5.85. The summed E-state index contributed by atoms with van der Waals surface area (Å²) >= 11 is 0. The van der Waals surface area contributed by atoms with E-state index in [4.69, 9.17) is 4.74 Å². The number of nitrogens with zero attached hydrogens (tertiary/aromatic N) is 4. The Kier molecular flexibility index (Phi) is 8.43. The number of hydrogen-bond acceptors (Lipinski definition) is 5. The number of fused-ring (bicyclic) bond motifs is 1. The summed E-state index contributed by atoms with van der Waals surface area (Å²) in [5, 5.41) is 10.9. The van der Waals surface area contributed by atoms with Crippen molar-refractivity contribution >= 4 is 28.6 Å². The summed E-state index contributed by atoms with van der Waals surface area (Å²) in [5.74, 6) is -2.01. The average Bonchev–Trinajstić information content (AvgIpc) is 3.36. The molecule has 11 heteroatoms. The fraction of sp³-hybridized carbons (Fsp3) is 0.375. The van der Waals surface area contributed by atoms with Crippen LogP contribution in [0.25, 0.3) is 11.0 Å². The molecule has 226 valence electrons. The summed E-state index contributed by atoms with van der Waals surface area (Å²) in [6, 6.07) is 10.00. The second-order valence-electron chi connectivity index (χ2n) is 11.4. The third kappa shape index (κ3) is 6.50. The van der Waals surface area contributed by atoms with Crippen LogP contribution in [-0.4, -0.2) is 37.6 Å². The largest absolute Gasteiger partial charge is 0.478 e. The number of anilines is 1. The van der Waals surface area contributed by atoms with E-state index in [0.29, 0.717) is 11.6 Å². The van der Waals surface area contributed by atoms with Crippen LogP contribution >= 0.6 is 0 Å². The maximum Gasteiger partial charge on any atom is 0.421 e. The predicted molar refractivity (Wildman–Crippen MR) is 155 cm³/mol. The van der Waals surface area contributed by atoms with E-state index < -0.39 is 23.6 Å². The van der Waals surface area contributed by atoms with Gasteiger partial charge >= 0.3 is 12.1 Å². The van der Waals surface area contributed by atoms with Crippen molar-refractivity contribution in [1.29, 1.82) is 0 Å². The lowest BCUT2D eigenvalue weighted by Crippen LogP contribution is -2.42. The minimum Gasteiger partial charge on any atom is -0.478 e. The van der Waals surface area contributed by atoms with Crippen molar-refractivity contribution in [2.45, 2.75) is 65.2 Å². The van der Waals surface area contributed by atoms with Gasteiger partial charge in [-0.2, -0.15) is 13.2 Å². The van der Waals surface area contributed by atoms with Gasteiger partial charge in [-0.25, -0.2) is 14.8 Å². The number of carbonyl (C=O) groups is 2. The number of carboxylic acids is 1. The molecule has 1 aromatic carbocycles. The van der Waals surface area contributed by atoms with Crippen molar-refractivity contribution in [2.24, 2.45) is 11.8 Å². The molecule has 8 nitrogen and oxygen atoms in total. The molecule has 0 radical (unpaired) electrons. The van der Waals surface area contributed by atoms with Crippen molar-refractivity contribution in [2.75, 3.05) is 4.90 Å². The van der Waals surface area contributed by atoms with Crippen LogP contribution in [0.15, 0.2) is 61.1 Å². The summed E-state index contributed by atoms with van der Waals surface area (Å²) in [5.41, 5.74) is -0.260. The normalized spacial score (nSPS) is 17.3. The number of aromatic carboxylic acids is 1. The van der Waals surface area contributed by atoms with Gasteiger partial charge in [0.15, 0.2) is 0 Å². The van der Waals surface area contributed by atoms with Crippen LogP contribution in [0.3, 0.4) is 0 Å². The highest BCUT2D eigenvalue weighted by Crippen LogP contribution is 2.39. The summed E-state index contributed by atoms with van der Waals surface area (Å²) < 4.78 is 49.7. The molecule has 3 aromatic heterocycles. The summed E-state index contributed by atoms with van der Waals surface area (Å²) in [6.07, 6.45) is 3.15. The minimum absolute atomic E-state index is 0.105. The first-order chi connectivity index (χ1) is 20.4. The van der Waals surface area contributed by atoms with Crippen LogP contribution in [0.1, 0.15) is 67.9 Å². The third-order valence-corrected chi connectivity index (χ3v) is 7.88. The maximum atomic E-state index is 14.1. The monoisotopic (exact) mass is 594 g/mol. The van der Waals surface area contributed by atoms with Gasteiger partial charge in [0.2, 0.25) is 11.8 Å². The Morgan fingerprint density at radius 3 is 2.51 bits per heavy atom. The van der Waals surface area contributed by atoms with Crippen molar-refractivity contribution in [3.8, 4) is 11.6 Å². The molecule has 0 bridgehead atoms. The van der Waals surface area contributed by atoms with Gasteiger partial charge < -0.3 is 19.3 Å². The van der Waals surface area contributed by atoms with E-state index in [1.54, 1.807) is 36.9 Å². The molecular weight excluding hydrogens is 561 g/mol. The second-order valence-corrected chi connectivity index (χ2v) is 11.4. The Morgan fingerprint density at radius 2 is 1.84 bits per heavy atom. The Labute approximate surface area is 247 Å². The molecule has 1 fully saturated rings. The van der Waals surface area contributed by atoms with Gasteiger partial charge in [0.05, 0.1) is 17.8 Å². The highest BCUT2D eigenvalue weighted by molar-refractivity contribution is 6.03. The van der Waals surface area contributed by atoms with Crippen molar-refractivity contribution in [3.63, 3.8) is 0 Å². The zero-order valence-electron chi connectivity index (χ0n) is 24.1. The lowest BCUT2D eigenvalue weighted by molar-refractivity contribution is -0.139. The van der Waals surface area contributed by atoms with Crippen LogP contribution in [-0.2, 0) is 17.5 Å². The molecule has 1 N–H and O–H groups in total. The molecule has 4 aromatic rings. The summed E-state index contributed by atoms with van der Waals surface area (Å²) in [4.78, 5) is 35.6. The van der Waals surface area contributed by atoms with Gasteiger partial charge in [0.25, 0.3) is 0 Å². The van der Waals surface area contributed by atoms with Crippen molar-refractivity contribution in [3.05, 3.63) is 77.7 Å². The molecule has 3 heterocycles. The van der Waals surface area contributed by atoms with Gasteiger partial charge in [-0.15, -0.1) is 0 Å². The predicted octanol–water partition coefficient (Wildman–Crippen LogP) is 7.56. The van der Waals surface area contributed by atoms with Gasteiger partial charge in [-0.3, -0.25) is 4.79 Å². The van der Waals surface area contributed by atoms with E-state index >= 15 is 0 Å². The molecule has 1 aliphatic rings. The molecule has 43 heavy (non-hydrogen) atoms. The first-order valence-corrected chi connectivity index (χ1v) is 14.3. The Bertz CT molecular complexity index is 1640. The standard InChI is InChI=1S/C32H33F3N4O4/c1-19(2)39(30(40)23-8-6-20(3)7-9-23)27-11-10-24(16-25(27)31(41)42)43-29-26(32(33,34)35)15-21(17-37-29)18-38-14-12-22-5-4-13-36-28(22)38/h4-5,10-17,19-20,23H,6-9,18H2,1-3H3,(H,41,42). The van der Waals surface area contributed by atoms with Gasteiger partial charge in [-0.05, 0) is 93.5 Å². The molecule has 1 aliphatic carbocycles. The third-order valence-electron chi connectivity index (χ3n) is 7.88. The molecule has 1 amide bonds. The maximum absolute atomic E-state index is 14.1. The second kappa shape index (κ2) is 12.1. The number of amides is 1. The average molecular weight is 595 g/mol. The number of aromatic nitrogens is 3. The zero-order valence-corrected chi connectivity index (χ0v) is 24.1. The van der Waals surface area contributed by atoms with Gasteiger partial charge in [0.1, 0.15) is 17.0 Å². The lowest BCUT2D eigenvalue weighted by atomic mass is 9.82. The number of carbonyl (C=O) groups excluding carboxylic acids is 1.